The molecule has 134 valence electrons. The Morgan fingerprint density at radius 2 is 1.71 bits per heavy atom. The average Bonchev–Trinajstić information content (AvgIpc) is 2.57. The predicted molar refractivity (Wildman–Crippen MR) is 110 cm³/mol. The van der Waals surface area contributed by atoms with Crippen LogP contribution in [0.5, 0.6) is 0 Å². The maximum Gasteiger partial charge on any atom is 0.269 e. The maximum absolute atomic E-state index is 12.0. The summed E-state index contributed by atoms with van der Waals surface area (Å²) in [6.45, 7) is 2.23. The van der Waals surface area contributed by atoms with E-state index < -0.39 is 0 Å². The van der Waals surface area contributed by atoms with Crippen molar-refractivity contribution in [3.05, 3.63) is 33.8 Å². The molecule has 0 saturated carbocycles. The Morgan fingerprint density at radius 3 is 2.38 bits per heavy atom. The fourth-order valence-corrected chi connectivity index (χ4v) is 3.33. The van der Waals surface area contributed by atoms with E-state index in [9.17, 15) is 4.79 Å². The molecule has 1 rings (SSSR count). The van der Waals surface area contributed by atoms with Gasteiger partial charge in [-0.1, -0.05) is 92.6 Å². The number of hydrogen-bond acceptors (Lipinski definition) is 3. The molecule has 0 aromatic heterocycles. The number of nitrogens with one attached hydrogen (secondary N) is 2. The number of thiocarbonyl (C=S) groups is 1. The molecule has 0 fully saturated rings. The second-order valence-electron chi connectivity index (χ2n) is 5.47. The zero-order valence-electron chi connectivity index (χ0n) is 13.9. The third-order valence-electron chi connectivity index (χ3n) is 3.44. The summed E-state index contributed by atoms with van der Waals surface area (Å²) in [7, 11) is 0. The highest BCUT2D eigenvalue weighted by Gasteiger charge is 2.08. The summed E-state index contributed by atoms with van der Waals surface area (Å²) in [5, 5.41) is 0.766. The van der Waals surface area contributed by atoms with Gasteiger partial charge in [0, 0.05) is 11.3 Å². The van der Waals surface area contributed by atoms with Gasteiger partial charge in [0.05, 0.1) is 10.0 Å². The number of carbonyl (C=O) groups excluding carboxylic acids is 1. The average molecular weight is 407 g/mol. The lowest BCUT2D eigenvalue weighted by Crippen LogP contribution is -2.39. The molecule has 0 radical (unpaired) electrons. The van der Waals surface area contributed by atoms with E-state index in [-0.39, 0.29) is 5.91 Å². The zero-order valence-corrected chi connectivity index (χ0v) is 17.0. The molecule has 0 atom stereocenters. The molecule has 1 aromatic carbocycles. The number of carbonyl (C=O) groups is 1. The van der Waals surface area contributed by atoms with E-state index in [1.54, 1.807) is 23.9 Å². The quantitative estimate of drug-likeness (QED) is 0.299. The second-order valence-corrected chi connectivity index (χ2v) is 8.05. The first-order chi connectivity index (χ1) is 11.5. The Kier molecular flexibility index (Phi) is 11.5. The van der Waals surface area contributed by atoms with Gasteiger partial charge < -0.3 is 0 Å². The summed E-state index contributed by atoms with van der Waals surface area (Å²) >= 11 is 18.5. The third kappa shape index (κ3) is 9.11. The van der Waals surface area contributed by atoms with Crippen molar-refractivity contribution in [2.45, 2.75) is 51.9 Å². The van der Waals surface area contributed by atoms with Crippen LogP contribution < -0.4 is 10.9 Å². The van der Waals surface area contributed by atoms with Crippen molar-refractivity contribution in [3.8, 4) is 0 Å². The highest BCUT2D eigenvalue weighted by molar-refractivity contribution is 8.22. The second kappa shape index (κ2) is 12.8. The van der Waals surface area contributed by atoms with Gasteiger partial charge in [0.1, 0.15) is 0 Å². The number of thioether (sulfide) groups is 1. The van der Waals surface area contributed by atoms with Crippen LogP contribution in [0.3, 0.4) is 0 Å². The summed E-state index contributed by atoms with van der Waals surface area (Å²) in [5.41, 5.74) is 5.75. The first kappa shape index (κ1) is 21.6. The molecule has 24 heavy (non-hydrogen) atoms. The van der Waals surface area contributed by atoms with Crippen LogP contribution >= 0.6 is 47.2 Å². The molecule has 3 nitrogen and oxygen atoms in total. The lowest BCUT2D eigenvalue weighted by molar-refractivity contribution is 0.0944. The fourth-order valence-electron chi connectivity index (χ4n) is 2.08. The van der Waals surface area contributed by atoms with E-state index in [1.807, 2.05) is 0 Å². The van der Waals surface area contributed by atoms with Gasteiger partial charge >= 0.3 is 0 Å². The van der Waals surface area contributed by atoms with Gasteiger partial charge in [-0.05, 0) is 24.6 Å². The van der Waals surface area contributed by atoms with Crippen molar-refractivity contribution in [1.29, 1.82) is 0 Å². The normalized spacial score (nSPS) is 10.5. The molecule has 1 aromatic rings. The first-order valence-corrected chi connectivity index (χ1v) is 10.4. The largest absolute Gasteiger partial charge is 0.283 e. The van der Waals surface area contributed by atoms with Crippen molar-refractivity contribution in [2.24, 2.45) is 0 Å². The molecule has 0 bridgehead atoms. The Hall–Kier alpha value is -0.490. The number of benzene rings is 1. The smallest absolute Gasteiger partial charge is 0.269 e. The molecule has 0 aliphatic carbocycles. The van der Waals surface area contributed by atoms with Crippen LogP contribution in [0.15, 0.2) is 18.2 Å². The Morgan fingerprint density at radius 1 is 1.04 bits per heavy atom. The number of halogens is 2. The minimum atomic E-state index is -0.299. The van der Waals surface area contributed by atoms with E-state index in [4.69, 9.17) is 35.4 Å². The maximum atomic E-state index is 12.0. The summed E-state index contributed by atoms with van der Waals surface area (Å²) in [5.74, 6) is 0.662. The molecule has 2 N–H and O–H groups in total. The van der Waals surface area contributed by atoms with Crippen molar-refractivity contribution in [3.63, 3.8) is 0 Å². The summed E-state index contributed by atoms with van der Waals surface area (Å²) in [6.07, 6.45) is 8.93. The number of amides is 1. The Labute approximate surface area is 164 Å². The molecular weight excluding hydrogens is 383 g/mol. The van der Waals surface area contributed by atoms with Gasteiger partial charge in [-0.15, -0.1) is 0 Å². The minimum absolute atomic E-state index is 0.299. The standard InChI is InChI=1S/C17H24Cl2N2OS2/c1-2-3-4-5-6-7-8-11-24-17(23)21-20-16(22)13-9-10-14(18)15(19)12-13/h9-10,12H,2-8,11H2,1H3,(H,20,22)(H,21,23). The molecule has 0 unspecified atom stereocenters. The topological polar surface area (TPSA) is 41.1 Å². The monoisotopic (exact) mass is 406 g/mol. The van der Waals surface area contributed by atoms with Gasteiger partial charge in [0.2, 0.25) is 0 Å². The summed E-state index contributed by atoms with van der Waals surface area (Å²) < 4.78 is 0.564. The molecule has 7 heteroatoms. The fraction of sp³-hybridized carbons (Fsp3) is 0.529. The Balaban J connectivity index is 2.13. The number of hydrazine groups is 1. The Bertz CT molecular complexity index is 541. The van der Waals surface area contributed by atoms with Crippen LogP contribution in [0.4, 0.5) is 0 Å². The first-order valence-electron chi connectivity index (χ1n) is 8.22. The highest BCUT2D eigenvalue weighted by Crippen LogP contribution is 2.22. The number of rotatable bonds is 9. The number of unbranched alkanes of at least 4 members (excludes halogenated alkanes) is 6. The minimum Gasteiger partial charge on any atom is -0.283 e. The van der Waals surface area contributed by atoms with Crippen LogP contribution in [-0.4, -0.2) is 16.0 Å². The van der Waals surface area contributed by atoms with E-state index in [0.29, 0.717) is 19.9 Å². The van der Waals surface area contributed by atoms with Gasteiger partial charge in [0.15, 0.2) is 4.32 Å². The van der Waals surface area contributed by atoms with Crippen LogP contribution in [0.2, 0.25) is 10.0 Å². The van der Waals surface area contributed by atoms with Crippen molar-refractivity contribution >= 4 is 57.4 Å². The SMILES string of the molecule is CCCCCCCCCSC(=S)NNC(=O)c1ccc(Cl)c(Cl)c1. The lowest BCUT2D eigenvalue weighted by atomic mass is 10.1. The number of hydrogen-bond donors (Lipinski definition) is 2. The van der Waals surface area contributed by atoms with Gasteiger partial charge in [-0.25, -0.2) is 0 Å². The van der Waals surface area contributed by atoms with Crippen LogP contribution in [0.1, 0.15) is 62.2 Å². The van der Waals surface area contributed by atoms with E-state index in [0.717, 1.165) is 12.2 Å². The van der Waals surface area contributed by atoms with E-state index in [1.165, 1.54) is 44.6 Å². The van der Waals surface area contributed by atoms with Crippen molar-refractivity contribution < 1.29 is 4.79 Å². The van der Waals surface area contributed by atoms with E-state index in [2.05, 4.69) is 17.8 Å². The van der Waals surface area contributed by atoms with Gasteiger partial charge in [-0.2, -0.15) is 0 Å². The van der Waals surface area contributed by atoms with Crippen LogP contribution in [0, 0.1) is 0 Å². The molecule has 1 amide bonds. The third-order valence-corrected chi connectivity index (χ3v) is 5.49. The molecule has 0 spiro atoms. The summed E-state index contributed by atoms with van der Waals surface area (Å²) in [6, 6.07) is 4.72. The zero-order chi connectivity index (χ0) is 17.8. The van der Waals surface area contributed by atoms with Crippen LogP contribution in [-0.2, 0) is 0 Å². The summed E-state index contributed by atoms with van der Waals surface area (Å²) in [4.78, 5) is 12.0. The predicted octanol–water partition coefficient (Wildman–Crippen LogP) is 6.00. The van der Waals surface area contributed by atoms with Gasteiger partial charge in [0.25, 0.3) is 5.91 Å². The van der Waals surface area contributed by atoms with Crippen molar-refractivity contribution in [2.75, 3.05) is 5.75 Å². The highest BCUT2D eigenvalue weighted by atomic mass is 35.5. The molecule has 0 saturated heterocycles. The molecular formula is C17H24Cl2N2OS2. The van der Waals surface area contributed by atoms with Crippen LogP contribution in [0.25, 0.3) is 0 Å². The van der Waals surface area contributed by atoms with Gasteiger partial charge in [-0.3, -0.25) is 15.6 Å². The van der Waals surface area contributed by atoms with E-state index >= 15 is 0 Å². The molecule has 0 heterocycles. The molecule has 0 aliphatic rings. The lowest BCUT2D eigenvalue weighted by Gasteiger charge is -2.09. The van der Waals surface area contributed by atoms with Crippen molar-refractivity contribution in [1.82, 2.24) is 10.9 Å². The molecule has 0 aliphatic heterocycles.